The van der Waals surface area contributed by atoms with Crippen LogP contribution in [0.1, 0.15) is 134 Å². The van der Waals surface area contributed by atoms with Gasteiger partial charge in [0.2, 0.25) is 10.0 Å². The molecule has 12 heteroatoms. The second kappa shape index (κ2) is 14.3. The highest BCUT2D eigenvalue weighted by Gasteiger charge is 2.41. The predicted octanol–water partition coefficient (Wildman–Crippen LogP) is 7.70. The molecule has 2 unspecified atom stereocenters. The number of carbonyl (C=O) groups excluding carboxylic acids is 2. The SMILES string of the molecule is COc1ccc2c(c1)C=C(c1c(C(=O)N3C4CCCC3COC4)cnn1C1CCC1)Cn1c-2c(C2CCCCC2)c2ccc(C(=O)NS(=O)(=O)C(C)C)cc21. The highest BCUT2D eigenvalue weighted by Crippen LogP contribution is 2.48. The van der Waals surface area contributed by atoms with E-state index >= 15 is 0 Å². The second-order valence-corrected chi connectivity index (χ2v) is 18.7. The van der Waals surface area contributed by atoms with Crippen molar-refractivity contribution in [1.82, 2.24) is 24.0 Å². The van der Waals surface area contributed by atoms with Crippen LogP contribution in [0.3, 0.4) is 0 Å². The lowest BCUT2D eigenvalue weighted by Crippen LogP contribution is -2.57. The summed E-state index contributed by atoms with van der Waals surface area (Å²) in [5, 5.41) is 5.30. The Bertz CT molecular complexity index is 2290. The maximum Gasteiger partial charge on any atom is 0.264 e. The lowest BCUT2D eigenvalue weighted by Gasteiger charge is -2.45. The van der Waals surface area contributed by atoms with Crippen LogP contribution in [-0.4, -0.2) is 77.1 Å². The number of carbonyl (C=O) groups is 2. The molecule has 2 aliphatic carbocycles. The highest BCUT2D eigenvalue weighted by molar-refractivity contribution is 7.90. The Labute approximate surface area is 323 Å². The molecule has 2 amide bonds. The summed E-state index contributed by atoms with van der Waals surface area (Å²) >= 11 is 0. The second-order valence-electron chi connectivity index (χ2n) is 16.5. The molecule has 2 saturated heterocycles. The number of hydrogen-bond donors (Lipinski definition) is 1. The summed E-state index contributed by atoms with van der Waals surface area (Å²) in [6.45, 7) is 4.66. The molecular weight excluding hydrogens is 715 g/mol. The Morgan fingerprint density at radius 1 is 0.891 bits per heavy atom. The van der Waals surface area contributed by atoms with Gasteiger partial charge in [0, 0.05) is 22.0 Å². The highest BCUT2D eigenvalue weighted by atomic mass is 32.2. The zero-order valence-electron chi connectivity index (χ0n) is 32.1. The number of fused-ring (bicyclic) bond motifs is 7. The minimum atomic E-state index is -3.84. The van der Waals surface area contributed by atoms with Crippen LogP contribution in [0.5, 0.6) is 5.75 Å². The number of methoxy groups -OCH3 is 1. The third-order valence-corrected chi connectivity index (χ3v) is 14.6. The maximum atomic E-state index is 14.9. The van der Waals surface area contributed by atoms with Gasteiger partial charge in [-0.1, -0.05) is 25.3 Å². The van der Waals surface area contributed by atoms with Crippen molar-refractivity contribution in [2.75, 3.05) is 20.3 Å². The predicted molar refractivity (Wildman–Crippen MR) is 213 cm³/mol. The number of morpholine rings is 1. The van der Waals surface area contributed by atoms with Crippen LogP contribution in [0.4, 0.5) is 0 Å². The number of hydrogen-bond acceptors (Lipinski definition) is 7. The van der Waals surface area contributed by atoms with E-state index in [1.165, 1.54) is 12.0 Å². The molecule has 0 spiro atoms. The van der Waals surface area contributed by atoms with Crippen LogP contribution >= 0.6 is 0 Å². The summed E-state index contributed by atoms with van der Waals surface area (Å²) in [5.74, 6) is 0.434. The number of amides is 2. The molecule has 290 valence electrons. The molecule has 4 aromatic rings. The molecule has 11 nitrogen and oxygen atoms in total. The van der Waals surface area contributed by atoms with Gasteiger partial charge in [0.15, 0.2) is 0 Å². The van der Waals surface area contributed by atoms with Gasteiger partial charge in [-0.3, -0.25) is 14.3 Å². The summed E-state index contributed by atoms with van der Waals surface area (Å²) in [6, 6.07) is 12.1. The van der Waals surface area contributed by atoms with Gasteiger partial charge < -0.3 is 18.9 Å². The molecule has 2 aromatic heterocycles. The first-order valence-corrected chi connectivity index (χ1v) is 21.8. The quantitative estimate of drug-likeness (QED) is 0.195. The van der Waals surface area contributed by atoms with Gasteiger partial charge in [-0.15, -0.1) is 0 Å². The van der Waals surface area contributed by atoms with Gasteiger partial charge in [-0.25, -0.2) is 13.1 Å². The van der Waals surface area contributed by atoms with E-state index < -0.39 is 21.2 Å². The number of nitrogens with zero attached hydrogens (tertiary/aromatic N) is 4. The van der Waals surface area contributed by atoms with Gasteiger partial charge in [0.25, 0.3) is 11.8 Å². The van der Waals surface area contributed by atoms with E-state index in [0.717, 1.165) is 109 Å². The lowest BCUT2D eigenvalue weighted by atomic mass is 9.81. The molecule has 2 bridgehead atoms. The fourth-order valence-corrected chi connectivity index (χ4v) is 10.3. The number of allylic oxidation sites excluding steroid dienone is 1. The number of rotatable bonds is 8. The van der Waals surface area contributed by atoms with Crippen LogP contribution < -0.4 is 9.46 Å². The minimum Gasteiger partial charge on any atom is -0.497 e. The van der Waals surface area contributed by atoms with E-state index in [2.05, 4.69) is 37.1 Å². The van der Waals surface area contributed by atoms with Crippen molar-refractivity contribution in [3.63, 3.8) is 0 Å². The standard InChI is InChI=1S/C43H51N5O6S/c1-26(2)55(51,52)45-42(49)28-15-17-36-38(21-28)46-23-30(19-29-20-34(53-3)16-18-35(29)41(46)39(36)27-9-5-4-6-10-27)40-37(22-44-48(40)31-11-7-12-31)43(50)47-32-13-8-14-33(47)25-54-24-32/h15-22,26-27,31-33H,4-14,23-25H2,1-3H3,(H,45,49). The summed E-state index contributed by atoms with van der Waals surface area (Å²) < 4.78 is 44.1. The molecule has 1 N–H and O–H groups in total. The van der Waals surface area contributed by atoms with Gasteiger partial charge >= 0.3 is 0 Å². The average molecular weight is 766 g/mol. The topological polar surface area (TPSA) is 125 Å². The van der Waals surface area contributed by atoms with Gasteiger partial charge in [0.1, 0.15) is 5.75 Å². The maximum absolute atomic E-state index is 14.9. The molecule has 2 saturated carbocycles. The summed E-state index contributed by atoms with van der Waals surface area (Å²) in [5.41, 5.74) is 8.00. The summed E-state index contributed by atoms with van der Waals surface area (Å²) in [4.78, 5) is 30.6. The Hall–Kier alpha value is -4.42. The largest absolute Gasteiger partial charge is 0.497 e. The third kappa shape index (κ3) is 6.29. The van der Waals surface area contributed by atoms with E-state index in [-0.39, 0.29) is 29.6 Å². The van der Waals surface area contributed by atoms with Crippen LogP contribution in [-0.2, 0) is 21.3 Å². The van der Waals surface area contributed by atoms with Crippen LogP contribution in [0.25, 0.3) is 33.8 Å². The third-order valence-electron chi connectivity index (χ3n) is 12.9. The summed E-state index contributed by atoms with van der Waals surface area (Å²) in [7, 11) is -2.16. The van der Waals surface area contributed by atoms with Crippen molar-refractivity contribution < 1.29 is 27.5 Å². The van der Waals surface area contributed by atoms with E-state index in [1.54, 1.807) is 33.2 Å². The van der Waals surface area contributed by atoms with Crippen molar-refractivity contribution in [2.24, 2.45) is 0 Å². The van der Waals surface area contributed by atoms with E-state index in [0.29, 0.717) is 31.2 Å². The zero-order chi connectivity index (χ0) is 38.0. The fraction of sp³-hybridized carbons (Fsp3) is 0.512. The fourth-order valence-electron chi connectivity index (χ4n) is 9.68. The normalized spacial score (nSPS) is 21.7. The van der Waals surface area contributed by atoms with Crippen LogP contribution in [0.15, 0.2) is 42.6 Å². The Morgan fingerprint density at radius 2 is 1.62 bits per heavy atom. The number of aromatic nitrogens is 3. The van der Waals surface area contributed by atoms with Crippen molar-refractivity contribution in [3.8, 4) is 17.0 Å². The van der Waals surface area contributed by atoms with Crippen molar-refractivity contribution in [1.29, 1.82) is 0 Å². The number of piperidine rings is 1. The first kappa shape index (κ1) is 36.2. The van der Waals surface area contributed by atoms with Gasteiger partial charge in [0.05, 0.1) is 73.4 Å². The van der Waals surface area contributed by atoms with E-state index in [9.17, 15) is 18.0 Å². The number of ether oxygens (including phenoxy) is 2. The molecule has 5 aliphatic rings. The molecule has 55 heavy (non-hydrogen) atoms. The van der Waals surface area contributed by atoms with Crippen LogP contribution in [0, 0.1) is 0 Å². The number of sulfonamides is 1. The van der Waals surface area contributed by atoms with E-state index in [1.807, 2.05) is 18.2 Å². The van der Waals surface area contributed by atoms with Crippen molar-refractivity contribution in [3.05, 3.63) is 70.5 Å². The molecule has 2 aromatic carbocycles. The molecular formula is C43H51N5O6S. The number of benzene rings is 2. The lowest BCUT2D eigenvalue weighted by molar-refractivity contribution is -0.0566. The Morgan fingerprint density at radius 3 is 2.31 bits per heavy atom. The van der Waals surface area contributed by atoms with Crippen molar-refractivity contribution in [2.45, 2.75) is 120 Å². The van der Waals surface area contributed by atoms with Gasteiger partial charge in [-0.2, -0.15) is 5.10 Å². The zero-order valence-corrected chi connectivity index (χ0v) is 32.9. The molecule has 2 atom stereocenters. The Balaban J connectivity index is 1.26. The van der Waals surface area contributed by atoms with Crippen molar-refractivity contribution >= 4 is 44.4 Å². The number of nitrogens with one attached hydrogen (secondary N) is 1. The average Bonchev–Trinajstić information content (AvgIpc) is 3.67. The smallest absolute Gasteiger partial charge is 0.264 e. The summed E-state index contributed by atoms with van der Waals surface area (Å²) in [6.07, 6.45) is 15.8. The molecule has 4 fully saturated rings. The molecule has 5 heterocycles. The first-order chi connectivity index (χ1) is 26.6. The Kier molecular flexibility index (Phi) is 9.39. The molecule has 3 aliphatic heterocycles. The van der Waals surface area contributed by atoms with E-state index in [4.69, 9.17) is 14.6 Å². The monoisotopic (exact) mass is 765 g/mol. The molecule has 9 rings (SSSR count). The minimum absolute atomic E-state index is 0.0142. The molecule has 0 radical (unpaired) electrons. The van der Waals surface area contributed by atoms with Gasteiger partial charge in [-0.05, 0) is 124 Å². The first-order valence-electron chi connectivity index (χ1n) is 20.2. The van der Waals surface area contributed by atoms with Crippen LogP contribution in [0.2, 0.25) is 0 Å².